The van der Waals surface area contributed by atoms with E-state index in [-0.39, 0.29) is 0 Å². The van der Waals surface area contributed by atoms with E-state index >= 15 is 0 Å². The van der Waals surface area contributed by atoms with Crippen LogP contribution in [0.3, 0.4) is 0 Å². The molecule has 2 aromatic rings. The SMILES string of the molecule is Cc1ccc(CN(C)c2ccc(C=O)cc2C)cc1. The summed E-state index contributed by atoms with van der Waals surface area (Å²) < 4.78 is 0. The van der Waals surface area contributed by atoms with E-state index in [0.717, 1.165) is 29.6 Å². The normalized spacial score (nSPS) is 10.3. The summed E-state index contributed by atoms with van der Waals surface area (Å²) in [4.78, 5) is 13.0. The monoisotopic (exact) mass is 253 g/mol. The predicted molar refractivity (Wildman–Crippen MR) is 79.9 cm³/mol. The second kappa shape index (κ2) is 5.70. The number of carbonyl (C=O) groups is 1. The number of carbonyl (C=O) groups excluding carboxylic acids is 1. The van der Waals surface area contributed by atoms with E-state index in [2.05, 4.69) is 43.1 Å². The van der Waals surface area contributed by atoms with Crippen LogP contribution in [0.5, 0.6) is 0 Å². The van der Waals surface area contributed by atoms with Crippen LogP contribution in [0.15, 0.2) is 42.5 Å². The van der Waals surface area contributed by atoms with Crippen molar-refractivity contribution >= 4 is 12.0 Å². The number of nitrogens with zero attached hydrogens (tertiary/aromatic N) is 1. The molecule has 19 heavy (non-hydrogen) atoms. The van der Waals surface area contributed by atoms with Crippen LogP contribution in [-0.4, -0.2) is 13.3 Å². The quantitative estimate of drug-likeness (QED) is 0.773. The smallest absolute Gasteiger partial charge is 0.150 e. The molecule has 2 nitrogen and oxygen atoms in total. The van der Waals surface area contributed by atoms with E-state index in [1.165, 1.54) is 11.1 Å². The Morgan fingerprint density at radius 1 is 1.05 bits per heavy atom. The molecule has 0 aliphatic heterocycles. The van der Waals surface area contributed by atoms with Gasteiger partial charge in [0, 0.05) is 24.8 Å². The number of aryl methyl sites for hydroxylation is 2. The van der Waals surface area contributed by atoms with Crippen molar-refractivity contribution in [1.29, 1.82) is 0 Å². The minimum absolute atomic E-state index is 0.727. The molecule has 0 saturated carbocycles. The number of anilines is 1. The number of hydrogen-bond donors (Lipinski definition) is 0. The summed E-state index contributed by atoms with van der Waals surface area (Å²) in [6.07, 6.45) is 0.886. The summed E-state index contributed by atoms with van der Waals surface area (Å²) in [6, 6.07) is 14.4. The molecule has 0 unspecified atom stereocenters. The summed E-state index contributed by atoms with van der Waals surface area (Å²) in [5, 5.41) is 0. The van der Waals surface area contributed by atoms with Crippen molar-refractivity contribution in [2.45, 2.75) is 20.4 Å². The number of benzene rings is 2. The molecule has 0 radical (unpaired) electrons. The van der Waals surface area contributed by atoms with Crippen molar-refractivity contribution in [3.8, 4) is 0 Å². The maximum absolute atomic E-state index is 10.7. The van der Waals surface area contributed by atoms with Crippen LogP contribution in [0.4, 0.5) is 5.69 Å². The van der Waals surface area contributed by atoms with Crippen molar-refractivity contribution in [1.82, 2.24) is 0 Å². The number of hydrogen-bond acceptors (Lipinski definition) is 2. The van der Waals surface area contributed by atoms with Gasteiger partial charge in [-0.2, -0.15) is 0 Å². The average Bonchev–Trinajstić information content (AvgIpc) is 2.41. The molecule has 0 saturated heterocycles. The Bertz CT molecular complexity index is 572. The van der Waals surface area contributed by atoms with Crippen LogP contribution in [0.2, 0.25) is 0 Å². The molecular weight excluding hydrogens is 234 g/mol. The predicted octanol–water partition coefficient (Wildman–Crippen LogP) is 3.75. The zero-order valence-electron chi connectivity index (χ0n) is 11.7. The van der Waals surface area contributed by atoms with Gasteiger partial charge in [-0.25, -0.2) is 0 Å². The van der Waals surface area contributed by atoms with Gasteiger partial charge in [-0.1, -0.05) is 29.8 Å². The van der Waals surface area contributed by atoms with Gasteiger partial charge >= 0.3 is 0 Å². The molecule has 2 heteroatoms. The van der Waals surface area contributed by atoms with Gasteiger partial charge in [-0.3, -0.25) is 4.79 Å². The summed E-state index contributed by atoms with van der Waals surface area (Å²) >= 11 is 0. The summed E-state index contributed by atoms with van der Waals surface area (Å²) in [5.41, 5.74) is 5.57. The van der Waals surface area contributed by atoms with E-state index in [1.807, 2.05) is 25.1 Å². The second-order valence-corrected chi connectivity index (χ2v) is 5.01. The fourth-order valence-corrected chi connectivity index (χ4v) is 2.23. The van der Waals surface area contributed by atoms with Crippen LogP contribution in [0, 0.1) is 13.8 Å². The highest BCUT2D eigenvalue weighted by atomic mass is 16.1. The van der Waals surface area contributed by atoms with Crippen LogP contribution in [0.25, 0.3) is 0 Å². The van der Waals surface area contributed by atoms with Crippen molar-refractivity contribution in [2.24, 2.45) is 0 Å². The third kappa shape index (κ3) is 3.22. The standard InChI is InChI=1S/C17H19NO/c1-13-4-6-15(7-5-13)11-18(3)17-9-8-16(12-19)10-14(17)2/h4-10,12H,11H2,1-3H3. The molecule has 0 fully saturated rings. The van der Waals surface area contributed by atoms with Crippen LogP contribution < -0.4 is 4.90 Å². The molecule has 2 rings (SSSR count). The van der Waals surface area contributed by atoms with Gasteiger partial charge in [0.1, 0.15) is 6.29 Å². The van der Waals surface area contributed by atoms with E-state index in [0.29, 0.717) is 0 Å². The number of aldehydes is 1. The van der Waals surface area contributed by atoms with Crippen LogP contribution >= 0.6 is 0 Å². The molecule has 0 heterocycles. The minimum atomic E-state index is 0.727. The van der Waals surface area contributed by atoms with E-state index in [9.17, 15) is 4.79 Å². The molecule has 98 valence electrons. The van der Waals surface area contributed by atoms with Gasteiger partial charge in [-0.15, -0.1) is 0 Å². The molecule has 0 aliphatic rings. The maximum atomic E-state index is 10.7. The van der Waals surface area contributed by atoms with Gasteiger partial charge in [-0.05, 0) is 43.2 Å². The van der Waals surface area contributed by atoms with Gasteiger partial charge in [0.25, 0.3) is 0 Å². The first-order valence-electron chi connectivity index (χ1n) is 6.42. The van der Waals surface area contributed by atoms with Gasteiger partial charge < -0.3 is 4.90 Å². The molecule has 2 aromatic carbocycles. The highest BCUT2D eigenvalue weighted by Gasteiger charge is 2.06. The highest BCUT2D eigenvalue weighted by Crippen LogP contribution is 2.21. The van der Waals surface area contributed by atoms with Crippen molar-refractivity contribution < 1.29 is 4.79 Å². The van der Waals surface area contributed by atoms with Crippen LogP contribution in [-0.2, 0) is 6.54 Å². The summed E-state index contributed by atoms with van der Waals surface area (Å²) in [5.74, 6) is 0. The molecule has 0 aliphatic carbocycles. The fourth-order valence-electron chi connectivity index (χ4n) is 2.23. The zero-order chi connectivity index (χ0) is 13.8. The molecular formula is C17H19NO. The summed E-state index contributed by atoms with van der Waals surface area (Å²) in [6.45, 7) is 4.99. The Hall–Kier alpha value is -2.09. The minimum Gasteiger partial charge on any atom is -0.370 e. The largest absolute Gasteiger partial charge is 0.370 e. The Kier molecular flexibility index (Phi) is 4.00. The molecule has 0 bridgehead atoms. The average molecular weight is 253 g/mol. The Balaban J connectivity index is 2.17. The van der Waals surface area contributed by atoms with Crippen LogP contribution in [0.1, 0.15) is 27.0 Å². The molecule has 0 atom stereocenters. The van der Waals surface area contributed by atoms with Gasteiger partial charge in [0.2, 0.25) is 0 Å². The lowest BCUT2D eigenvalue weighted by atomic mass is 10.1. The third-order valence-corrected chi connectivity index (χ3v) is 3.31. The Morgan fingerprint density at radius 2 is 1.74 bits per heavy atom. The number of rotatable bonds is 4. The molecule has 0 aromatic heterocycles. The highest BCUT2D eigenvalue weighted by molar-refractivity contribution is 5.76. The van der Waals surface area contributed by atoms with Gasteiger partial charge in [0.15, 0.2) is 0 Å². The molecule has 0 amide bonds. The lowest BCUT2D eigenvalue weighted by Crippen LogP contribution is -2.17. The van der Waals surface area contributed by atoms with E-state index in [4.69, 9.17) is 0 Å². The Morgan fingerprint density at radius 3 is 2.32 bits per heavy atom. The van der Waals surface area contributed by atoms with E-state index in [1.54, 1.807) is 0 Å². The third-order valence-electron chi connectivity index (χ3n) is 3.31. The first-order valence-corrected chi connectivity index (χ1v) is 6.42. The van der Waals surface area contributed by atoms with Gasteiger partial charge in [0.05, 0.1) is 0 Å². The fraction of sp³-hybridized carbons (Fsp3) is 0.235. The first-order chi connectivity index (χ1) is 9.10. The zero-order valence-corrected chi connectivity index (χ0v) is 11.7. The van der Waals surface area contributed by atoms with E-state index < -0.39 is 0 Å². The second-order valence-electron chi connectivity index (χ2n) is 5.01. The van der Waals surface area contributed by atoms with Crippen molar-refractivity contribution in [3.05, 3.63) is 64.7 Å². The summed E-state index contributed by atoms with van der Waals surface area (Å²) in [7, 11) is 2.07. The molecule has 0 spiro atoms. The lowest BCUT2D eigenvalue weighted by molar-refractivity contribution is 0.112. The topological polar surface area (TPSA) is 20.3 Å². The first kappa shape index (κ1) is 13.3. The lowest BCUT2D eigenvalue weighted by Gasteiger charge is -2.22. The Labute approximate surface area is 114 Å². The van der Waals surface area contributed by atoms with Crippen molar-refractivity contribution in [2.75, 3.05) is 11.9 Å². The van der Waals surface area contributed by atoms with Crippen molar-refractivity contribution in [3.63, 3.8) is 0 Å². The maximum Gasteiger partial charge on any atom is 0.150 e. The molecule has 0 N–H and O–H groups in total.